The maximum absolute atomic E-state index is 12.6. The molecule has 0 bridgehead atoms. The summed E-state index contributed by atoms with van der Waals surface area (Å²) >= 11 is 5.53. The van der Waals surface area contributed by atoms with Gasteiger partial charge in [0.1, 0.15) is 6.17 Å². The molecule has 52 valence electrons. The highest BCUT2D eigenvalue weighted by Gasteiger charge is 2.29. The fourth-order valence-electron chi connectivity index (χ4n) is 0.965. The van der Waals surface area contributed by atoms with Crippen molar-refractivity contribution in [1.29, 1.82) is 0 Å². The molecule has 9 heavy (non-hydrogen) atoms. The third-order valence-electron chi connectivity index (χ3n) is 1.55. The Morgan fingerprint density at radius 2 is 2.33 bits per heavy atom. The number of nitrogens with zero attached hydrogens (tertiary/aromatic N) is 1. The molecular weight excluding hydrogens is 141 g/mol. The van der Waals surface area contributed by atoms with Gasteiger partial charge in [-0.3, -0.25) is 0 Å². The highest BCUT2D eigenvalue weighted by Crippen LogP contribution is 2.21. The first-order valence-corrected chi connectivity index (χ1v) is 3.25. The topological polar surface area (TPSA) is 3.24 Å². The Bertz CT molecular complexity index is 118. The van der Waals surface area contributed by atoms with Gasteiger partial charge in [0, 0.05) is 19.0 Å². The summed E-state index contributed by atoms with van der Waals surface area (Å²) in [5, 5.41) is 0. The molecule has 1 nitrogen and oxygen atoms in total. The van der Waals surface area contributed by atoms with Crippen molar-refractivity contribution in [2.75, 3.05) is 13.1 Å². The molecule has 0 N–H and O–H groups in total. The van der Waals surface area contributed by atoms with Crippen molar-refractivity contribution in [2.24, 2.45) is 5.92 Å². The van der Waals surface area contributed by atoms with Crippen molar-refractivity contribution in [1.82, 2.24) is 4.42 Å². The van der Waals surface area contributed by atoms with Gasteiger partial charge in [-0.2, -0.15) is 0 Å². The summed E-state index contributed by atoms with van der Waals surface area (Å²) in [6, 6.07) is 0. The molecular formula is C6H9ClFN. The monoisotopic (exact) mass is 149 g/mol. The van der Waals surface area contributed by atoms with Gasteiger partial charge in [0.05, 0.1) is 0 Å². The van der Waals surface area contributed by atoms with Crippen LogP contribution in [0, 0.1) is 5.92 Å². The van der Waals surface area contributed by atoms with Gasteiger partial charge in [-0.15, -0.1) is 6.58 Å². The summed E-state index contributed by atoms with van der Waals surface area (Å²) in [6.07, 6.45) is 0.799. The van der Waals surface area contributed by atoms with Gasteiger partial charge < -0.3 is 0 Å². The first kappa shape index (κ1) is 7.03. The lowest BCUT2D eigenvalue weighted by Gasteiger charge is -2.01. The van der Waals surface area contributed by atoms with Gasteiger partial charge in [-0.05, 0) is 11.8 Å². The second-order valence-electron chi connectivity index (χ2n) is 2.24. The van der Waals surface area contributed by atoms with Gasteiger partial charge in [0.2, 0.25) is 0 Å². The summed E-state index contributed by atoms with van der Waals surface area (Å²) in [7, 11) is 0. The first-order chi connectivity index (χ1) is 4.24. The van der Waals surface area contributed by atoms with E-state index in [2.05, 4.69) is 6.58 Å². The quantitative estimate of drug-likeness (QED) is 0.404. The van der Waals surface area contributed by atoms with Crippen molar-refractivity contribution >= 4 is 11.8 Å². The van der Waals surface area contributed by atoms with Crippen LogP contribution in [0.4, 0.5) is 4.39 Å². The van der Waals surface area contributed by atoms with Crippen LogP contribution in [0.25, 0.3) is 0 Å². The zero-order valence-corrected chi connectivity index (χ0v) is 5.81. The molecule has 1 aliphatic rings. The minimum Gasteiger partial charge on any atom is -0.245 e. The molecule has 0 aromatic heterocycles. The molecule has 0 aliphatic carbocycles. The molecule has 0 aromatic carbocycles. The third-order valence-corrected chi connectivity index (χ3v) is 1.82. The molecule has 1 aliphatic heterocycles. The highest BCUT2D eigenvalue weighted by molar-refractivity contribution is 6.13. The molecule has 0 radical (unpaired) electrons. The van der Waals surface area contributed by atoms with E-state index in [1.807, 2.05) is 0 Å². The number of alkyl halides is 1. The second kappa shape index (κ2) is 2.67. The van der Waals surface area contributed by atoms with E-state index in [4.69, 9.17) is 11.8 Å². The van der Waals surface area contributed by atoms with E-state index < -0.39 is 6.17 Å². The normalized spacial score (nSPS) is 37.1. The Hall–Kier alpha value is -0.0800. The van der Waals surface area contributed by atoms with Crippen LogP contribution in [0.15, 0.2) is 12.7 Å². The maximum Gasteiger partial charge on any atom is 0.122 e. The third kappa shape index (κ3) is 1.43. The van der Waals surface area contributed by atoms with Gasteiger partial charge in [-0.1, -0.05) is 6.08 Å². The smallest absolute Gasteiger partial charge is 0.122 e. The zero-order chi connectivity index (χ0) is 6.85. The van der Waals surface area contributed by atoms with Crippen LogP contribution in [0.3, 0.4) is 0 Å². The van der Waals surface area contributed by atoms with E-state index in [-0.39, 0.29) is 5.92 Å². The minimum atomic E-state index is -0.819. The lowest BCUT2D eigenvalue weighted by atomic mass is 10.1. The minimum absolute atomic E-state index is 0.0671. The van der Waals surface area contributed by atoms with Crippen LogP contribution < -0.4 is 0 Å². The molecule has 3 heteroatoms. The molecule has 2 atom stereocenters. The van der Waals surface area contributed by atoms with E-state index in [9.17, 15) is 4.39 Å². The van der Waals surface area contributed by atoms with Gasteiger partial charge in [-0.25, -0.2) is 8.81 Å². The van der Waals surface area contributed by atoms with E-state index in [1.54, 1.807) is 6.08 Å². The lowest BCUT2D eigenvalue weighted by Crippen LogP contribution is -2.09. The van der Waals surface area contributed by atoms with Crippen LogP contribution in [0.1, 0.15) is 0 Å². The van der Waals surface area contributed by atoms with E-state index in [1.165, 1.54) is 4.42 Å². The summed E-state index contributed by atoms with van der Waals surface area (Å²) in [5.41, 5.74) is 0. The molecule has 0 spiro atoms. The summed E-state index contributed by atoms with van der Waals surface area (Å²) < 4.78 is 14.1. The average Bonchev–Trinajstić information content (AvgIpc) is 2.10. The highest BCUT2D eigenvalue weighted by atomic mass is 35.5. The summed E-state index contributed by atoms with van der Waals surface area (Å²) in [6.45, 7) is 4.42. The first-order valence-electron chi connectivity index (χ1n) is 2.91. The molecule has 1 fully saturated rings. The molecule has 1 heterocycles. The van der Waals surface area contributed by atoms with Gasteiger partial charge in [0.25, 0.3) is 0 Å². The predicted octanol–water partition coefficient (Wildman–Crippen LogP) is 1.60. The summed E-state index contributed by atoms with van der Waals surface area (Å²) in [4.78, 5) is 0. The second-order valence-corrected chi connectivity index (χ2v) is 2.72. The van der Waals surface area contributed by atoms with E-state index in [0.717, 1.165) is 0 Å². The van der Waals surface area contributed by atoms with Crippen LogP contribution in [0.2, 0.25) is 0 Å². The number of hydrogen-bond acceptors (Lipinski definition) is 1. The van der Waals surface area contributed by atoms with Crippen LogP contribution in [0.5, 0.6) is 0 Å². The van der Waals surface area contributed by atoms with Crippen molar-refractivity contribution in [3.63, 3.8) is 0 Å². The number of hydrogen-bond donors (Lipinski definition) is 0. The van der Waals surface area contributed by atoms with Crippen LogP contribution >= 0.6 is 11.8 Å². The van der Waals surface area contributed by atoms with E-state index >= 15 is 0 Å². The Labute approximate surface area is 59.2 Å². The Morgan fingerprint density at radius 3 is 2.56 bits per heavy atom. The van der Waals surface area contributed by atoms with E-state index in [0.29, 0.717) is 13.1 Å². The molecule has 2 unspecified atom stereocenters. The molecule has 0 amide bonds. The number of rotatable bonds is 1. The molecule has 0 saturated carbocycles. The Balaban J connectivity index is 2.47. The largest absolute Gasteiger partial charge is 0.245 e. The van der Waals surface area contributed by atoms with Crippen molar-refractivity contribution < 1.29 is 4.39 Å². The molecule has 1 rings (SSSR count). The van der Waals surface area contributed by atoms with Crippen molar-refractivity contribution in [2.45, 2.75) is 6.17 Å². The predicted molar refractivity (Wildman–Crippen MR) is 36.0 cm³/mol. The maximum atomic E-state index is 12.6. The zero-order valence-electron chi connectivity index (χ0n) is 5.06. The fraction of sp³-hybridized carbons (Fsp3) is 0.667. The fourth-order valence-corrected chi connectivity index (χ4v) is 1.26. The number of halogens is 2. The SMILES string of the molecule is C=CC1CN(Cl)CC1F. The lowest BCUT2D eigenvalue weighted by molar-refractivity contribution is 0.312. The van der Waals surface area contributed by atoms with Crippen molar-refractivity contribution in [3.8, 4) is 0 Å². The standard InChI is InChI=1S/C6H9ClFN/c1-2-5-3-9(7)4-6(5)8/h2,5-6H,1,3-4H2. The van der Waals surface area contributed by atoms with Gasteiger partial charge >= 0.3 is 0 Å². The Morgan fingerprint density at radius 1 is 1.67 bits per heavy atom. The van der Waals surface area contributed by atoms with Gasteiger partial charge in [0.15, 0.2) is 0 Å². The van der Waals surface area contributed by atoms with Crippen LogP contribution in [-0.2, 0) is 0 Å². The van der Waals surface area contributed by atoms with Crippen molar-refractivity contribution in [3.05, 3.63) is 12.7 Å². The summed E-state index contributed by atoms with van der Waals surface area (Å²) in [5.74, 6) is -0.0671. The average molecular weight is 150 g/mol. The molecule has 1 saturated heterocycles. The van der Waals surface area contributed by atoms with Crippen LogP contribution in [-0.4, -0.2) is 23.7 Å². The molecule has 0 aromatic rings. The Kier molecular flexibility index (Phi) is 2.09.